The van der Waals surface area contributed by atoms with E-state index < -0.39 is 20.5 Å². The molecule has 0 radical (unpaired) electrons. The number of aliphatic carboxylic acids is 1. The molecule has 0 saturated carbocycles. The molecule has 3 nitrogen and oxygen atoms in total. The van der Waals surface area contributed by atoms with Gasteiger partial charge in [-0.1, -0.05) is 217 Å². The maximum absolute atomic E-state index is 12.6. The molecule has 0 fully saturated rings. The number of carboxylic acids is 1. The van der Waals surface area contributed by atoms with Crippen molar-refractivity contribution >= 4 is 62.1 Å². The molecule has 0 heterocycles. The molecule has 1 N–H and O–H groups in total. The van der Waals surface area contributed by atoms with Gasteiger partial charge in [-0.05, 0) is 118 Å². The highest BCUT2D eigenvalue weighted by Crippen LogP contribution is 2.50. The minimum Gasteiger partial charge on any atom is -0.481 e. The number of benzene rings is 8. The average molecular weight is 863 g/mol. The standard InChI is InChI=1S/C60H63O3P/c1-57(2,3)43-31-44(58(4,5)6)34-47(33-43)64(48-35-45(59(7,8)9)32-46(36-48)60(10,11)12)52-28-27-39-20-15-17-23-49(39)54(52)55-50-24-18-16-22-41(50)30-51(56(55)63-37-53(61)62)42-26-25-38-19-13-14-21-40(38)29-42/h13-36H,37H2,1-12H3,(H,61,62). The Balaban J connectivity index is 1.59. The van der Waals surface area contributed by atoms with Crippen LogP contribution in [0.4, 0.5) is 0 Å². The van der Waals surface area contributed by atoms with Crippen molar-refractivity contribution in [3.8, 4) is 28.0 Å². The highest BCUT2D eigenvalue weighted by molar-refractivity contribution is 7.80. The Morgan fingerprint density at radius 2 is 0.906 bits per heavy atom. The smallest absolute Gasteiger partial charge is 0.341 e. The third-order valence-corrected chi connectivity index (χ3v) is 15.0. The summed E-state index contributed by atoms with van der Waals surface area (Å²) in [6, 6.07) is 53.6. The maximum Gasteiger partial charge on any atom is 0.341 e. The average Bonchev–Trinajstić information content (AvgIpc) is 3.23. The highest BCUT2D eigenvalue weighted by Gasteiger charge is 2.32. The van der Waals surface area contributed by atoms with Gasteiger partial charge in [-0.15, -0.1) is 0 Å². The van der Waals surface area contributed by atoms with E-state index in [0.29, 0.717) is 5.75 Å². The Morgan fingerprint density at radius 3 is 1.41 bits per heavy atom. The van der Waals surface area contributed by atoms with Gasteiger partial charge in [-0.2, -0.15) is 0 Å². The summed E-state index contributed by atoms with van der Waals surface area (Å²) in [4.78, 5) is 12.6. The summed E-state index contributed by atoms with van der Waals surface area (Å²) in [5.41, 5.74) is 8.63. The lowest BCUT2D eigenvalue weighted by molar-refractivity contribution is -0.139. The Hall–Kier alpha value is -5.76. The van der Waals surface area contributed by atoms with Crippen molar-refractivity contribution in [1.82, 2.24) is 0 Å². The number of hydrogen-bond acceptors (Lipinski definition) is 2. The summed E-state index contributed by atoms with van der Waals surface area (Å²) in [5.74, 6) is -0.451. The summed E-state index contributed by atoms with van der Waals surface area (Å²) in [7, 11) is -1.27. The summed E-state index contributed by atoms with van der Waals surface area (Å²) in [6.07, 6.45) is 0. The van der Waals surface area contributed by atoms with Crippen LogP contribution in [0.25, 0.3) is 54.6 Å². The van der Waals surface area contributed by atoms with Crippen LogP contribution in [-0.4, -0.2) is 17.7 Å². The molecule has 64 heavy (non-hydrogen) atoms. The number of carboxylic acid groups (broad SMARTS) is 1. The van der Waals surface area contributed by atoms with Gasteiger partial charge in [0, 0.05) is 16.7 Å². The minimum atomic E-state index is -1.27. The van der Waals surface area contributed by atoms with Gasteiger partial charge in [0.15, 0.2) is 6.61 Å². The molecule has 0 aliphatic rings. The maximum atomic E-state index is 12.6. The number of fused-ring (bicyclic) bond motifs is 3. The molecule has 8 aromatic rings. The van der Waals surface area contributed by atoms with E-state index in [9.17, 15) is 9.90 Å². The van der Waals surface area contributed by atoms with Gasteiger partial charge in [0.2, 0.25) is 0 Å². The van der Waals surface area contributed by atoms with Crippen LogP contribution in [0.1, 0.15) is 105 Å². The van der Waals surface area contributed by atoms with Crippen LogP contribution in [0.3, 0.4) is 0 Å². The molecule has 8 aromatic carbocycles. The largest absolute Gasteiger partial charge is 0.481 e. The van der Waals surface area contributed by atoms with Crippen molar-refractivity contribution in [2.45, 2.75) is 105 Å². The Labute approximate surface area is 382 Å². The summed E-state index contributed by atoms with van der Waals surface area (Å²) in [5, 5.41) is 20.6. The van der Waals surface area contributed by atoms with Crippen LogP contribution < -0.4 is 20.7 Å². The van der Waals surface area contributed by atoms with Crippen molar-refractivity contribution < 1.29 is 14.6 Å². The third kappa shape index (κ3) is 8.98. The number of ether oxygens (including phenoxy) is 1. The SMILES string of the molecule is CC(C)(C)c1cc(P(c2cc(C(C)(C)C)cc(C(C)(C)C)c2)c2ccc3ccccc3c2-c2c(OCC(=O)O)c(-c3ccc4ccccc4c3)cc3ccccc23)cc(C(C)(C)C)c1. The molecule has 326 valence electrons. The molecule has 4 heteroatoms. The molecular weight excluding hydrogens is 800 g/mol. The lowest BCUT2D eigenvalue weighted by Crippen LogP contribution is -2.28. The van der Waals surface area contributed by atoms with E-state index in [1.165, 1.54) is 38.2 Å². The highest BCUT2D eigenvalue weighted by atomic mass is 31.1. The monoisotopic (exact) mass is 862 g/mol. The first-order valence-corrected chi connectivity index (χ1v) is 24.0. The van der Waals surface area contributed by atoms with Crippen LogP contribution in [0.15, 0.2) is 146 Å². The van der Waals surface area contributed by atoms with Gasteiger partial charge in [-0.25, -0.2) is 4.79 Å². The second-order valence-corrected chi connectivity index (χ2v) is 23.8. The van der Waals surface area contributed by atoms with Gasteiger partial charge in [-0.3, -0.25) is 0 Å². The third-order valence-electron chi connectivity index (χ3n) is 12.6. The molecule has 0 aliphatic heterocycles. The molecule has 0 spiro atoms. The second kappa shape index (κ2) is 16.7. The topological polar surface area (TPSA) is 46.5 Å². The van der Waals surface area contributed by atoms with E-state index in [-0.39, 0.29) is 21.7 Å². The van der Waals surface area contributed by atoms with Gasteiger partial charge in [0.1, 0.15) is 5.75 Å². The van der Waals surface area contributed by atoms with E-state index in [1.807, 2.05) is 0 Å². The first-order chi connectivity index (χ1) is 30.1. The van der Waals surface area contributed by atoms with E-state index in [1.54, 1.807) is 0 Å². The number of hydrogen-bond donors (Lipinski definition) is 1. The van der Waals surface area contributed by atoms with Gasteiger partial charge in [0.25, 0.3) is 0 Å². The van der Waals surface area contributed by atoms with E-state index >= 15 is 0 Å². The van der Waals surface area contributed by atoms with Crippen LogP contribution in [0.2, 0.25) is 0 Å². The van der Waals surface area contributed by atoms with Gasteiger partial charge >= 0.3 is 5.97 Å². The zero-order valence-corrected chi connectivity index (χ0v) is 40.7. The van der Waals surface area contributed by atoms with Crippen LogP contribution in [0.5, 0.6) is 5.75 Å². The van der Waals surface area contributed by atoms with Crippen molar-refractivity contribution in [2.24, 2.45) is 0 Å². The number of rotatable bonds is 8. The summed E-state index contributed by atoms with van der Waals surface area (Å²) >= 11 is 0. The molecule has 0 atom stereocenters. The molecule has 0 unspecified atom stereocenters. The summed E-state index contributed by atoms with van der Waals surface area (Å²) < 4.78 is 6.72. The molecular formula is C60H63O3P. The normalized spacial score (nSPS) is 12.7. The van der Waals surface area contributed by atoms with Gasteiger partial charge in [0.05, 0.1) is 0 Å². The van der Waals surface area contributed by atoms with Crippen molar-refractivity contribution in [3.05, 3.63) is 168 Å². The Bertz CT molecular complexity index is 2930. The first-order valence-electron chi connectivity index (χ1n) is 22.6. The fraction of sp³-hybridized carbons (Fsp3) is 0.283. The predicted octanol–water partition coefficient (Wildman–Crippen LogP) is 14.9. The lowest BCUT2D eigenvalue weighted by atomic mass is 9.81. The Morgan fingerprint density at radius 1 is 0.469 bits per heavy atom. The first kappa shape index (κ1) is 44.8. The molecule has 0 aliphatic carbocycles. The number of carbonyl (C=O) groups is 1. The van der Waals surface area contributed by atoms with Crippen molar-refractivity contribution in [1.29, 1.82) is 0 Å². The van der Waals surface area contributed by atoms with Crippen molar-refractivity contribution in [3.63, 3.8) is 0 Å². The fourth-order valence-corrected chi connectivity index (χ4v) is 11.4. The fourth-order valence-electron chi connectivity index (χ4n) is 8.78. The Kier molecular flexibility index (Phi) is 11.7. The van der Waals surface area contributed by atoms with Gasteiger partial charge < -0.3 is 9.84 Å². The molecule has 0 saturated heterocycles. The predicted molar refractivity (Wildman–Crippen MR) is 276 cm³/mol. The van der Waals surface area contributed by atoms with Crippen LogP contribution in [-0.2, 0) is 26.5 Å². The van der Waals surface area contributed by atoms with Crippen molar-refractivity contribution in [2.75, 3.05) is 6.61 Å². The van der Waals surface area contributed by atoms with E-state index in [0.717, 1.165) is 54.6 Å². The van der Waals surface area contributed by atoms with Crippen LogP contribution >= 0.6 is 7.92 Å². The molecule has 0 bridgehead atoms. The van der Waals surface area contributed by atoms with Crippen LogP contribution in [0, 0.1) is 0 Å². The zero-order chi connectivity index (χ0) is 45.9. The van der Waals surface area contributed by atoms with E-state index in [2.05, 4.69) is 229 Å². The van der Waals surface area contributed by atoms with E-state index in [4.69, 9.17) is 4.74 Å². The minimum absolute atomic E-state index is 0.102. The molecule has 8 rings (SSSR count). The second-order valence-electron chi connectivity index (χ2n) is 21.6. The lowest BCUT2D eigenvalue weighted by Gasteiger charge is -2.32. The zero-order valence-electron chi connectivity index (χ0n) is 39.8. The quantitative estimate of drug-likeness (QED) is 0.155. The summed E-state index contributed by atoms with van der Waals surface area (Å²) in [6.45, 7) is 27.3. The molecule has 0 aromatic heterocycles. The molecule has 0 amide bonds.